The third-order valence-corrected chi connectivity index (χ3v) is 4.73. The number of nitrogens with one attached hydrogen (secondary N) is 1. The number of pyridine rings is 1. The predicted molar refractivity (Wildman–Crippen MR) is 115 cm³/mol. The Kier molecular flexibility index (Phi) is 4.94. The molecule has 152 valence electrons. The minimum absolute atomic E-state index is 0.265. The van der Waals surface area contributed by atoms with Crippen molar-refractivity contribution in [3.63, 3.8) is 0 Å². The molecule has 3 aromatic heterocycles. The van der Waals surface area contributed by atoms with Gasteiger partial charge in [-0.2, -0.15) is 0 Å². The minimum Gasteiger partial charge on any atom is -0.487 e. The van der Waals surface area contributed by atoms with E-state index in [4.69, 9.17) is 4.74 Å². The maximum atomic E-state index is 14.8. The van der Waals surface area contributed by atoms with Crippen molar-refractivity contribution < 1.29 is 9.13 Å². The van der Waals surface area contributed by atoms with E-state index in [0.29, 0.717) is 17.3 Å². The molecule has 0 saturated carbocycles. The van der Waals surface area contributed by atoms with E-state index in [2.05, 4.69) is 25.3 Å². The van der Waals surface area contributed by atoms with E-state index in [1.807, 2.05) is 47.2 Å². The molecule has 7 nitrogen and oxygen atoms in total. The van der Waals surface area contributed by atoms with Crippen molar-refractivity contribution in [3.05, 3.63) is 97.4 Å². The predicted octanol–water partition coefficient (Wildman–Crippen LogP) is 4.67. The van der Waals surface area contributed by atoms with Gasteiger partial charge < -0.3 is 14.6 Å². The van der Waals surface area contributed by atoms with Gasteiger partial charge in [0.2, 0.25) is 0 Å². The molecular weight excluding hydrogens is 395 g/mol. The Bertz CT molecular complexity index is 1330. The second-order valence-electron chi connectivity index (χ2n) is 6.77. The molecule has 2 aromatic carbocycles. The molecule has 0 saturated heterocycles. The fourth-order valence-electron chi connectivity index (χ4n) is 3.17. The first-order valence-electron chi connectivity index (χ1n) is 9.59. The molecule has 0 unspecified atom stereocenters. The van der Waals surface area contributed by atoms with E-state index in [9.17, 15) is 4.39 Å². The van der Waals surface area contributed by atoms with E-state index in [1.54, 1.807) is 30.9 Å². The average molecular weight is 412 g/mol. The molecule has 0 aliphatic heterocycles. The summed E-state index contributed by atoms with van der Waals surface area (Å²) in [6.45, 7) is 0.265. The van der Waals surface area contributed by atoms with Crippen molar-refractivity contribution in [1.82, 2.24) is 24.5 Å². The van der Waals surface area contributed by atoms with Crippen LogP contribution < -0.4 is 10.1 Å². The number of halogens is 1. The van der Waals surface area contributed by atoms with Gasteiger partial charge in [-0.15, -0.1) is 0 Å². The van der Waals surface area contributed by atoms with Gasteiger partial charge in [0, 0.05) is 35.7 Å². The highest BCUT2D eigenvalue weighted by molar-refractivity contribution is 5.92. The summed E-state index contributed by atoms with van der Waals surface area (Å²) in [4.78, 5) is 16.9. The summed E-state index contributed by atoms with van der Waals surface area (Å²) in [5.74, 6) is 0.479. The molecule has 1 N–H and O–H groups in total. The monoisotopic (exact) mass is 412 g/mol. The lowest BCUT2D eigenvalue weighted by Gasteiger charge is -2.12. The van der Waals surface area contributed by atoms with E-state index >= 15 is 0 Å². The van der Waals surface area contributed by atoms with E-state index in [0.717, 1.165) is 22.3 Å². The van der Waals surface area contributed by atoms with E-state index in [1.165, 1.54) is 12.4 Å². The van der Waals surface area contributed by atoms with E-state index < -0.39 is 5.82 Å². The summed E-state index contributed by atoms with van der Waals surface area (Å²) in [6.07, 6.45) is 8.40. The van der Waals surface area contributed by atoms with Crippen LogP contribution in [0, 0.1) is 5.82 Å². The van der Waals surface area contributed by atoms with Crippen LogP contribution in [0.5, 0.6) is 5.75 Å². The number of hydrogen-bond donors (Lipinski definition) is 1. The smallest absolute Gasteiger partial charge is 0.150 e. The number of imidazole rings is 1. The topological polar surface area (TPSA) is 77.8 Å². The molecule has 5 aromatic rings. The molecular formula is C23H17FN6O. The van der Waals surface area contributed by atoms with Gasteiger partial charge in [-0.05, 0) is 42.5 Å². The number of rotatable bonds is 6. The summed E-state index contributed by atoms with van der Waals surface area (Å²) >= 11 is 0. The lowest BCUT2D eigenvalue weighted by Crippen LogP contribution is -2.01. The molecule has 0 aliphatic rings. The summed E-state index contributed by atoms with van der Waals surface area (Å²) in [5, 5.41) is 3.84. The second-order valence-corrected chi connectivity index (χ2v) is 6.77. The number of benzene rings is 2. The van der Waals surface area contributed by atoms with Crippen LogP contribution in [0.15, 0.2) is 85.8 Å². The van der Waals surface area contributed by atoms with Gasteiger partial charge in [-0.3, -0.25) is 4.98 Å². The second kappa shape index (κ2) is 8.19. The van der Waals surface area contributed by atoms with Crippen molar-refractivity contribution in [2.24, 2.45) is 0 Å². The molecule has 8 heteroatoms. The van der Waals surface area contributed by atoms with Gasteiger partial charge in [0.15, 0.2) is 0 Å². The van der Waals surface area contributed by atoms with Gasteiger partial charge in [0.05, 0.1) is 23.2 Å². The molecule has 0 atom stereocenters. The van der Waals surface area contributed by atoms with Gasteiger partial charge in [0.1, 0.15) is 30.3 Å². The summed E-state index contributed by atoms with van der Waals surface area (Å²) in [6, 6.07) is 16.0. The van der Waals surface area contributed by atoms with Gasteiger partial charge in [-0.25, -0.2) is 19.3 Å². The first-order valence-corrected chi connectivity index (χ1v) is 9.59. The van der Waals surface area contributed by atoms with Gasteiger partial charge >= 0.3 is 0 Å². The Morgan fingerprint density at radius 2 is 1.94 bits per heavy atom. The van der Waals surface area contributed by atoms with Crippen LogP contribution in [-0.4, -0.2) is 24.5 Å². The van der Waals surface area contributed by atoms with Crippen LogP contribution in [0.25, 0.3) is 16.6 Å². The zero-order valence-corrected chi connectivity index (χ0v) is 16.3. The van der Waals surface area contributed by atoms with Crippen LogP contribution >= 0.6 is 0 Å². The summed E-state index contributed by atoms with van der Waals surface area (Å²) < 4.78 is 22.3. The van der Waals surface area contributed by atoms with Crippen LogP contribution in [-0.2, 0) is 6.61 Å². The molecule has 0 amide bonds. The fourth-order valence-corrected chi connectivity index (χ4v) is 3.17. The first-order chi connectivity index (χ1) is 15.3. The maximum absolute atomic E-state index is 14.8. The van der Waals surface area contributed by atoms with Crippen LogP contribution in [0.3, 0.4) is 0 Å². The number of anilines is 2. The standard InChI is InChI=1S/C23H17FN6O/c24-20-12-18(31-13-16-3-1-2-8-26-16)5-7-22(20)29-23-19-11-17(30-10-9-25-15-30)4-6-21(19)27-14-28-23/h1-12,14-15H,13H2,(H,27,28,29). The van der Waals surface area contributed by atoms with Crippen LogP contribution in [0.2, 0.25) is 0 Å². The molecule has 0 fully saturated rings. The Morgan fingerprint density at radius 1 is 0.968 bits per heavy atom. The molecule has 0 aliphatic carbocycles. The Hall–Kier alpha value is -4.33. The van der Waals surface area contributed by atoms with Gasteiger partial charge in [0.25, 0.3) is 0 Å². The molecule has 5 rings (SSSR count). The Labute approximate surface area is 177 Å². The SMILES string of the molecule is Fc1cc(OCc2ccccn2)ccc1Nc1ncnc2ccc(-n3ccnc3)cc12. The van der Waals surface area contributed by atoms with Crippen molar-refractivity contribution >= 4 is 22.4 Å². The maximum Gasteiger partial charge on any atom is 0.150 e. The Morgan fingerprint density at radius 3 is 2.74 bits per heavy atom. The normalized spacial score (nSPS) is 10.9. The van der Waals surface area contributed by atoms with Crippen LogP contribution in [0.4, 0.5) is 15.9 Å². The van der Waals surface area contributed by atoms with Crippen molar-refractivity contribution in [2.75, 3.05) is 5.32 Å². The minimum atomic E-state index is -0.448. The highest BCUT2D eigenvalue weighted by Crippen LogP contribution is 2.28. The summed E-state index contributed by atoms with van der Waals surface area (Å²) in [7, 11) is 0. The van der Waals surface area contributed by atoms with E-state index in [-0.39, 0.29) is 6.61 Å². The lowest BCUT2D eigenvalue weighted by atomic mass is 10.2. The van der Waals surface area contributed by atoms with Crippen molar-refractivity contribution in [1.29, 1.82) is 0 Å². The molecule has 0 bridgehead atoms. The largest absolute Gasteiger partial charge is 0.487 e. The third kappa shape index (κ3) is 4.04. The quantitative estimate of drug-likeness (QED) is 0.437. The molecule has 0 radical (unpaired) electrons. The Balaban J connectivity index is 1.39. The number of ether oxygens (including phenoxy) is 1. The molecule has 0 spiro atoms. The number of fused-ring (bicyclic) bond motifs is 1. The number of hydrogen-bond acceptors (Lipinski definition) is 6. The van der Waals surface area contributed by atoms with Crippen molar-refractivity contribution in [3.8, 4) is 11.4 Å². The molecule has 31 heavy (non-hydrogen) atoms. The lowest BCUT2D eigenvalue weighted by molar-refractivity contribution is 0.300. The zero-order valence-electron chi connectivity index (χ0n) is 16.3. The highest BCUT2D eigenvalue weighted by atomic mass is 19.1. The zero-order chi connectivity index (χ0) is 21.0. The van der Waals surface area contributed by atoms with Crippen molar-refractivity contribution in [2.45, 2.75) is 6.61 Å². The third-order valence-electron chi connectivity index (χ3n) is 4.73. The average Bonchev–Trinajstić information content (AvgIpc) is 3.35. The first kappa shape index (κ1) is 18.7. The summed E-state index contributed by atoms with van der Waals surface area (Å²) in [5.41, 5.74) is 2.71. The van der Waals surface area contributed by atoms with Gasteiger partial charge in [-0.1, -0.05) is 6.07 Å². The fraction of sp³-hybridized carbons (Fsp3) is 0.0435. The highest BCUT2D eigenvalue weighted by Gasteiger charge is 2.10. The molecule has 3 heterocycles. The number of nitrogens with zero attached hydrogens (tertiary/aromatic N) is 5. The van der Waals surface area contributed by atoms with Crippen LogP contribution in [0.1, 0.15) is 5.69 Å². The number of aromatic nitrogens is 5.